The van der Waals surface area contributed by atoms with E-state index < -0.39 is 0 Å². The largest absolute Gasteiger partial charge is 0.319 e. The zero-order valence-electron chi connectivity index (χ0n) is 10.8. The van der Waals surface area contributed by atoms with Gasteiger partial charge in [0.05, 0.1) is 17.6 Å². The molecule has 0 amide bonds. The molecule has 0 fully saturated rings. The lowest BCUT2D eigenvalue weighted by Crippen LogP contribution is -2.10. The Morgan fingerprint density at radius 2 is 2.12 bits per heavy atom. The van der Waals surface area contributed by atoms with Crippen molar-refractivity contribution in [2.75, 3.05) is 13.6 Å². The van der Waals surface area contributed by atoms with Gasteiger partial charge in [0.1, 0.15) is 0 Å². The van der Waals surface area contributed by atoms with Crippen molar-refractivity contribution in [1.82, 2.24) is 19.9 Å². The number of rotatable bonds is 5. The SMILES string of the molecule is CNCCc1cn2nc(CC(C)C)ccc2n1. The van der Waals surface area contributed by atoms with Gasteiger partial charge in [-0.05, 0) is 31.5 Å². The summed E-state index contributed by atoms with van der Waals surface area (Å²) in [4.78, 5) is 4.53. The predicted molar refractivity (Wildman–Crippen MR) is 69.2 cm³/mol. The molecule has 17 heavy (non-hydrogen) atoms. The minimum absolute atomic E-state index is 0.632. The van der Waals surface area contributed by atoms with Crippen molar-refractivity contribution >= 4 is 5.65 Å². The van der Waals surface area contributed by atoms with E-state index in [-0.39, 0.29) is 0 Å². The maximum Gasteiger partial charge on any atom is 0.153 e. The van der Waals surface area contributed by atoms with Crippen LogP contribution in [0.4, 0.5) is 0 Å². The van der Waals surface area contributed by atoms with Gasteiger partial charge in [0.15, 0.2) is 5.65 Å². The van der Waals surface area contributed by atoms with Gasteiger partial charge in [-0.15, -0.1) is 0 Å². The average Bonchev–Trinajstić information content (AvgIpc) is 2.67. The third-order valence-electron chi connectivity index (χ3n) is 2.67. The first-order valence-corrected chi connectivity index (χ1v) is 6.18. The highest BCUT2D eigenvalue weighted by Crippen LogP contribution is 2.08. The Kier molecular flexibility index (Phi) is 3.74. The Morgan fingerprint density at radius 1 is 1.29 bits per heavy atom. The minimum atomic E-state index is 0.632. The van der Waals surface area contributed by atoms with Gasteiger partial charge < -0.3 is 5.32 Å². The topological polar surface area (TPSA) is 42.2 Å². The Bertz CT molecular complexity index is 487. The van der Waals surface area contributed by atoms with Gasteiger partial charge >= 0.3 is 0 Å². The highest BCUT2D eigenvalue weighted by molar-refractivity contribution is 5.38. The predicted octanol–water partition coefficient (Wildman–Crippen LogP) is 1.69. The van der Waals surface area contributed by atoms with Gasteiger partial charge in [-0.25, -0.2) is 9.50 Å². The van der Waals surface area contributed by atoms with Crippen molar-refractivity contribution in [2.45, 2.75) is 26.7 Å². The number of fused-ring (bicyclic) bond motifs is 1. The second-order valence-electron chi connectivity index (χ2n) is 4.81. The summed E-state index contributed by atoms with van der Waals surface area (Å²) in [5, 5.41) is 7.71. The molecule has 2 aromatic heterocycles. The molecule has 0 saturated carbocycles. The van der Waals surface area contributed by atoms with Crippen molar-refractivity contribution in [2.24, 2.45) is 5.92 Å². The molecule has 0 saturated heterocycles. The van der Waals surface area contributed by atoms with Gasteiger partial charge in [-0.1, -0.05) is 13.8 Å². The first kappa shape index (κ1) is 12.0. The molecule has 4 heteroatoms. The maximum atomic E-state index is 4.58. The van der Waals surface area contributed by atoms with Crippen LogP contribution in [0.25, 0.3) is 5.65 Å². The zero-order valence-corrected chi connectivity index (χ0v) is 10.8. The smallest absolute Gasteiger partial charge is 0.153 e. The van der Waals surface area contributed by atoms with Gasteiger partial charge in [0.2, 0.25) is 0 Å². The molecule has 0 aliphatic heterocycles. The van der Waals surface area contributed by atoms with E-state index in [0.29, 0.717) is 5.92 Å². The fourth-order valence-corrected chi connectivity index (χ4v) is 1.87. The van der Waals surface area contributed by atoms with E-state index in [0.717, 1.165) is 36.4 Å². The lowest BCUT2D eigenvalue weighted by Gasteiger charge is -2.03. The molecule has 2 heterocycles. The molecule has 2 rings (SSSR count). The molecule has 0 radical (unpaired) electrons. The maximum absolute atomic E-state index is 4.58. The Hall–Kier alpha value is -1.42. The molecule has 4 nitrogen and oxygen atoms in total. The molecule has 0 aliphatic carbocycles. The van der Waals surface area contributed by atoms with Crippen molar-refractivity contribution < 1.29 is 0 Å². The Morgan fingerprint density at radius 3 is 2.82 bits per heavy atom. The summed E-state index contributed by atoms with van der Waals surface area (Å²) in [7, 11) is 1.95. The van der Waals surface area contributed by atoms with E-state index in [1.807, 2.05) is 23.8 Å². The Balaban J connectivity index is 2.21. The number of hydrogen-bond acceptors (Lipinski definition) is 3. The van der Waals surface area contributed by atoms with Crippen LogP contribution in [0.1, 0.15) is 25.2 Å². The van der Waals surface area contributed by atoms with Gasteiger partial charge in [0.25, 0.3) is 0 Å². The van der Waals surface area contributed by atoms with Crippen molar-refractivity contribution in [1.29, 1.82) is 0 Å². The van der Waals surface area contributed by atoms with Crippen LogP contribution in [0.5, 0.6) is 0 Å². The molecule has 1 N–H and O–H groups in total. The molecule has 0 aliphatic rings. The number of aromatic nitrogens is 3. The summed E-state index contributed by atoms with van der Waals surface area (Å²) in [6, 6.07) is 4.12. The quantitative estimate of drug-likeness (QED) is 0.853. The first-order valence-electron chi connectivity index (χ1n) is 6.18. The van der Waals surface area contributed by atoms with E-state index in [9.17, 15) is 0 Å². The normalized spacial score (nSPS) is 11.5. The van der Waals surface area contributed by atoms with E-state index in [4.69, 9.17) is 0 Å². The van der Waals surface area contributed by atoms with E-state index in [2.05, 4.69) is 35.3 Å². The fraction of sp³-hybridized carbons (Fsp3) is 0.538. The number of likely N-dealkylation sites (N-methyl/N-ethyl adjacent to an activating group) is 1. The molecular formula is C13H20N4. The van der Waals surface area contributed by atoms with Gasteiger partial charge in [-0.2, -0.15) is 5.10 Å². The average molecular weight is 232 g/mol. The lowest BCUT2D eigenvalue weighted by molar-refractivity contribution is 0.624. The second-order valence-corrected chi connectivity index (χ2v) is 4.81. The molecule has 0 unspecified atom stereocenters. The highest BCUT2D eigenvalue weighted by atomic mass is 15.2. The molecule has 0 bridgehead atoms. The van der Waals surface area contributed by atoms with Crippen LogP contribution < -0.4 is 5.32 Å². The first-order chi connectivity index (χ1) is 8.19. The van der Waals surface area contributed by atoms with E-state index >= 15 is 0 Å². The number of nitrogens with one attached hydrogen (secondary N) is 1. The molecule has 0 spiro atoms. The molecular weight excluding hydrogens is 212 g/mol. The van der Waals surface area contributed by atoms with Crippen LogP contribution in [0.3, 0.4) is 0 Å². The highest BCUT2D eigenvalue weighted by Gasteiger charge is 2.04. The lowest BCUT2D eigenvalue weighted by atomic mass is 10.1. The van der Waals surface area contributed by atoms with Crippen molar-refractivity contribution in [3.05, 3.63) is 29.7 Å². The van der Waals surface area contributed by atoms with Crippen LogP contribution >= 0.6 is 0 Å². The minimum Gasteiger partial charge on any atom is -0.319 e. The standard InChI is InChI=1S/C13H20N4/c1-10(2)8-11-4-5-13-15-12(6-7-14-3)9-17(13)16-11/h4-5,9-10,14H,6-8H2,1-3H3. The summed E-state index contributed by atoms with van der Waals surface area (Å²) in [6.07, 6.45) is 3.98. The fourth-order valence-electron chi connectivity index (χ4n) is 1.87. The zero-order chi connectivity index (χ0) is 12.3. The molecule has 2 aromatic rings. The number of imidazole rings is 1. The van der Waals surface area contributed by atoms with E-state index in [1.165, 1.54) is 0 Å². The van der Waals surface area contributed by atoms with Crippen LogP contribution in [0.2, 0.25) is 0 Å². The van der Waals surface area contributed by atoms with Crippen LogP contribution in [-0.2, 0) is 12.8 Å². The molecule has 0 aromatic carbocycles. The summed E-state index contributed by atoms with van der Waals surface area (Å²) >= 11 is 0. The Labute approximate surface area is 102 Å². The van der Waals surface area contributed by atoms with Crippen molar-refractivity contribution in [3.8, 4) is 0 Å². The summed E-state index contributed by atoms with van der Waals surface area (Å²) in [6.45, 7) is 5.36. The van der Waals surface area contributed by atoms with E-state index in [1.54, 1.807) is 0 Å². The van der Waals surface area contributed by atoms with Crippen LogP contribution in [0, 0.1) is 5.92 Å². The summed E-state index contributed by atoms with van der Waals surface area (Å²) in [5.41, 5.74) is 3.15. The molecule has 0 atom stereocenters. The van der Waals surface area contributed by atoms with Gasteiger partial charge in [0, 0.05) is 13.0 Å². The molecule has 92 valence electrons. The summed E-state index contributed by atoms with van der Waals surface area (Å²) < 4.78 is 1.89. The monoisotopic (exact) mass is 232 g/mol. The van der Waals surface area contributed by atoms with Crippen LogP contribution in [0.15, 0.2) is 18.3 Å². The summed E-state index contributed by atoms with van der Waals surface area (Å²) in [5.74, 6) is 0.632. The third kappa shape index (κ3) is 3.03. The van der Waals surface area contributed by atoms with Crippen LogP contribution in [-0.4, -0.2) is 28.2 Å². The number of nitrogens with zero attached hydrogens (tertiary/aromatic N) is 3. The second kappa shape index (κ2) is 5.27. The number of hydrogen-bond donors (Lipinski definition) is 1. The van der Waals surface area contributed by atoms with Crippen molar-refractivity contribution in [3.63, 3.8) is 0 Å². The van der Waals surface area contributed by atoms with Gasteiger partial charge in [-0.3, -0.25) is 0 Å². The third-order valence-corrected chi connectivity index (χ3v) is 2.67.